The molecule has 1 fully saturated rings. The van der Waals surface area contributed by atoms with Crippen LogP contribution < -0.4 is 9.47 Å². The van der Waals surface area contributed by atoms with E-state index < -0.39 is 17.7 Å². The molecule has 1 heterocycles. The molecule has 0 spiro atoms. The van der Waals surface area contributed by atoms with Crippen molar-refractivity contribution in [1.82, 2.24) is 4.90 Å². The first-order valence-electron chi connectivity index (χ1n) is 12.9. The number of aliphatic hydroxyl groups is 1. The molecule has 1 aliphatic rings. The highest BCUT2D eigenvalue weighted by molar-refractivity contribution is 6.46. The van der Waals surface area contributed by atoms with Crippen LogP contribution in [0.3, 0.4) is 0 Å². The number of aryl methyl sites for hydroxylation is 1. The number of amides is 1. The standard InChI is InChI=1S/C31H33NO6/c1-4-6-16-32-28(22-12-14-24(33)26(18-22)37-5-2)27(30(35)31(32)36)29(34)23-13-15-25(20(3)17-23)38-19-21-10-8-7-9-11-21/h7-15,17-18,28,33-34H,4-6,16,19H2,1-3H3/b29-27-. The molecule has 1 aliphatic heterocycles. The molecule has 1 unspecified atom stereocenters. The van der Waals surface area contributed by atoms with Crippen molar-refractivity contribution >= 4 is 17.4 Å². The van der Waals surface area contributed by atoms with Crippen molar-refractivity contribution < 1.29 is 29.3 Å². The van der Waals surface area contributed by atoms with Gasteiger partial charge in [-0.1, -0.05) is 49.7 Å². The monoisotopic (exact) mass is 515 g/mol. The number of nitrogens with zero attached hydrogens (tertiary/aromatic N) is 1. The number of phenols is 1. The van der Waals surface area contributed by atoms with Crippen molar-refractivity contribution in [1.29, 1.82) is 0 Å². The number of carbonyl (C=O) groups excluding carboxylic acids is 2. The van der Waals surface area contributed by atoms with Crippen molar-refractivity contribution in [2.75, 3.05) is 13.2 Å². The minimum atomic E-state index is -0.810. The van der Waals surface area contributed by atoms with E-state index in [2.05, 4.69) is 0 Å². The molecule has 1 amide bonds. The number of hydrogen-bond acceptors (Lipinski definition) is 6. The molecule has 3 aromatic rings. The summed E-state index contributed by atoms with van der Waals surface area (Å²) < 4.78 is 11.5. The van der Waals surface area contributed by atoms with Gasteiger partial charge < -0.3 is 24.6 Å². The molecule has 0 saturated carbocycles. The number of ether oxygens (including phenoxy) is 2. The van der Waals surface area contributed by atoms with Crippen LogP contribution >= 0.6 is 0 Å². The van der Waals surface area contributed by atoms with Crippen molar-refractivity contribution in [2.24, 2.45) is 0 Å². The summed E-state index contributed by atoms with van der Waals surface area (Å²) in [4.78, 5) is 27.8. The third kappa shape index (κ3) is 5.52. The average molecular weight is 516 g/mol. The number of phenolic OH excluding ortho intramolecular Hbond substituents is 1. The van der Waals surface area contributed by atoms with E-state index in [1.165, 1.54) is 11.0 Å². The van der Waals surface area contributed by atoms with E-state index in [1.807, 2.05) is 44.2 Å². The molecular weight excluding hydrogens is 482 g/mol. The average Bonchev–Trinajstić information content (AvgIpc) is 3.17. The summed E-state index contributed by atoms with van der Waals surface area (Å²) in [5.41, 5.74) is 2.81. The highest BCUT2D eigenvalue weighted by Gasteiger charge is 2.46. The second-order valence-corrected chi connectivity index (χ2v) is 9.26. The largest absolute Gasteiger partial charge is 0.507 e. The van der Waals surface area contributed by atoms with Crippen LogP contribution in [0.25, 0.3) is 5.76 Å². The number of rotatable bonds is 10. The van der Waals surface area contributed by atoms with Crippen LogP contribution in [0.4, 0.5) is 0 Å². The first-order chi connectivity index (χ1) is 18.3. The first kappa shape index (κ1) is 26.8. The highest BCUT2D eigenvalue weighted by atomic mass is 16.5. The number of aliphatic hydroxyl groups excluding tert-OH is 1. The van der Waals surface area contributed by atoms with Gasteiger partial charge in [0.1, 0.15) is 18.1 Å². The number of aromatic hydroxyl groups is 1. The number of unbranched alkanes of at least 4 members (excludes halogenated alkanes) is 1. The maximum Gasteiger partial charge on any atom is 0.295 e. The van der Waals surface area contributed by atoms with Gasteiger partial charge in [-0.25, -0.2) is 0 Å². The Morgan fingerprint density at radius 3 is 2.39 bits per heavy atom. The lowest BCUT2D eigenvalue weighted by Gasteiger charge is -2.25. The molecule has 0 radical (unpaired) electrons. The maximum atomic E-state index is 13.3. The van der Waals surface area contributed by atoms with Crippen LogP contribution in [0, 0.1) is 6.92 Å². The Bertz CT molecular complexity index is 1350. The topological polar surface area (TPSA) is 96.3 Å². The van der Waals surface area contributed by atoms with Crippen molar-refractivity contribution in [3.63, 3.8) is 0 Å². The minimum absolute atomic E-state index is 0.0107. The third-order valence-electron chi connectivity index (χ3n) is 6.58. The van der Waals surface area contributed by atoms with Gasteiger partial charge in [0, 0.05) is 12.1 Å². The van der Waals surface area contributed by atoms with Gasteiger partial charge in [0.05, 0.1) is 18.2 Å². The summed E-state index contributed by atoms with van der Waals surface area (Å²) in [6.07, 6.45) is 1.53. The summed E-state index contributed by atoms with van der Waals surface area (Å²) in [5.74, 6) is -0.779. The predicted molar refractivity (Wildman–Crippen MR) is 145 cm³/mol. The molecule has 2 N–H and O–H groups in total. The fourth-order valence-electron chi connectivity index (χ4n) is 4.61. The fourth-order valence-corrected chi connectivity index (χ4v) is 4.61. The lowest BCUT2D eigenvalue weighted by atomic mass is 9.94. The van der Waals surface area contributed by atoms with Gasteiger partial charge in [-0.2, -0.15) is 0 Å². The van der Waals surface area contributed by atoms with E-state index in [0.29, 0.717) is 43.1 Å². The van der Waals surface area contributed by atoms with E-state index >= 15 is 0 Å². The highest BCUT2D eigenvalue weighted by Crippen LogP contribution is 2.42. The third-order valence-corrected chi connectivity index (χ3v) is 6.58. The summed E-state index contributed by atoms with van der Waals surface area (Å²) in [7, 11) is 0. The number of carbonyl (C=O) groups is 2. The molecule has 0 bridgehead atoms. The lowest BCUT2D eigenvalue weighted by molar-refractivity contribution is -0.139. The smallest absolute Gasteiger partial charge is 0.295 e. The molecule has 1 saturated heterocycles. The van der Waals surface area contributed by atoms with Crippen molar-refractivity contribution in [3.05, 3.63) is 94.6 Å². The zero-order valence-corrected chi connectivity index (χ0v) is 21.9. The lowest BCUT2D eigenvalue weighted by Crippen LogP contribution is -2.30. The van der Waals surface area contributed by atoms with Crippen LogP contribution in [0.5, 0.6) is 17.2 Å². The van der Waals surface area contributed by atoms with E-state index in [9.17, 15) is 19.8 Å². The Morgan fingerprint density at radius 1 is 0.947 bits per heavy atom. The predicted octanol–water partition coefficient (Wildman–Crippen LogP) is 5.90. The molecular formula is C31H33NO6. The number of benzene rings is 3. The quantitative estimate of drug-likeness (QED) is 0.198. The zero-order chi connectivity index (χ0) is 27.2. The molecule has 38 heavy (non-hydrogen) atoms. The van der Waals surface area contributed by atoms with Crippen LogP contribution in [0.15, 0.2) is 72.3 Å². The number of ketones is 1. The van der Waals surface area contributed by atoms with Crippen LogP contribution in [-0.4, -0.2) is 40.0 Å². The van der Waals surface area contributed by atoms with E-state index in [-0.39, 0.29) is 22.8 Å². The zero-order valence-electron chi connectivity index (χ0n) is 21.9. The molecule has 4 rings (SSSR count). The Labute approximate surface area is 222 Å². The Kier molecular flexibility index (Phi) is 8.36. The van der Waals surface area contributed by atoms with Crippen LogP contribution in [0.1, 0.15) is 55.0 Å². The molecule has 3 aromatic carbocycles. The second-order valence-electron chi connectivity index (χ2n) is 9.26. The van der Waals surface area contributed by atoms with Gasteiger partial charge in [-0.15, -0.1) is 0 Å². The van der Waals surface area contributed by atoms with Crippen molar-refractivity contribution in [2.45, 2.75) is 46.3 Å². The van der Waals surface area contributed by atoms with Gasteiger partial charge in [-0.3, -0.25) is 9.59 Å². The van der Waals surface area contributed by atoms with Gasteiger partial charge in [0.25, 0.3) is 11.7 Å². The van der Waals surface area contributed by atoms with Gasteiger partial charge in [0.15, 0.2) is 11.5 Å². The molecule has 198 valence electrons. The van der Waals surface area contributed by atoms with Gasteiger partial charge in [0.2, 0.25) is 0 Å². The molecule has 7 nitrogen and oxygen atoms in total. The number of Topliss-reactive ketones (excluding diaryl/α,β-unsaturated/α-hetero) is 1. The summed E-state index contributed by atoms with van der Waals surface area (Å²) >= 11 is 0. The van der Waals surface area contributed by atoms with E-state index in [4.69, 9.17) is 9.47 Å². The number of hydrogen-bond donors (Lipinski definition) is 2. The summed E-state index contributed by atoms with van der Waals surface area (Å²) in [6.45, 7) is 6.77. The first-order valence-corrected chi connectivity index (χ1v) is 12.9. The Morgan fingerprint density at radius 2 is 1.71 bits per heavy atom. The minimum Gasteiger partial charge on any atom is -0.507 e. The Balaban J connectivity index is 1.73. The van der Waals surface area contributed by atoms with Gasteiger partial charge >= 0.3 is 0 Å². The molecule has 7 heteroatoms. The fraction of sp³-hybridized carbons (Fsp3) is 0.290. The molecule has 1 atom stereocenters. The van der Waals surface area contributed by atoms with E-state index in [1.54, 1.807) is 37.3 Å². The van der Waals surface area contributed by atoms with E-state index in [0.717, 1.165) is 17.5 Å². The van der Waals surface area contributed by atoms with Gasteiger partial charge in [-0.05, 0) is 67.3 Å². The Hall–Kier alpha value is -4.26. The second kappa shape index (κ2) is 11.9. The summed E-state index contributed by atoms with van der Waals surface area (Å²) in [5, 5.41) is 21.6. The van der Waals surface area contributed by atoms with Crippen LogP contribution in [-0.2, 0) is 16.2 Å². The SMILES string of the molecule is CCCCN1C(=O)C(=O)/C(=C(\O)c2ccc(OCc3ccccc3)c(C)c2)C1c1ccc(O)c(OCC)c1. The van der Waals surface area contributed by atoms with Crippen molar-refractivity contribution in [3.8, 4) is 17.2 Å². The maximum absolute atomic E-state index is 13.3. The summed E-state index contributed by atoms with van der Waals surface area (Å²) in [6, 6.07) is 18.9. The molecule has 0 aliphatic carbocycles. The normalized spacial score (nSPS) is 16.6. The number of likely N-dealkylation sites (tertiary alicyclic amines) is 1. The van der Waals surface area contributed by atoms with Crippen LogP contribution in [0.2, 0.25) is 0 Å². The molecule has 0 aromatic heterocycles.